The number of Topliss-reactive ketones (excluding diaryl/α,β-unsaturated/α-hetero) is 1. The second kappa shape index (κ2) is 9.50. The zero-order chi connectivity index (χ0) is 24.5. The van der Waals surface area contributed by atoms with Crippen LogP contribution in [0.2, 0.25) is 0 Å². The summed E-state index contributed by atoms with van der Waals surface area (Å²) in [4.78, 5) is 18.3. The summed E-state index contributed by atoms with van der Waals surface area (Å²) in [6.07, 6.45) is 0.885. The van der Waals surface area contributed by atoms with Crippen LogP contribution >= 0.6 is 22.6 Å². The molecule has 0 unspecified atom stereocenters. The Morgan fingerprint density at radius 2 is 1.85 bits per heavy atom. The molecule has 0 bridgehead atoms. The standard InChI is InChI=1S/C26H25IN2O4S/c1-26(2)16-18-11-12-20(33-3)14-21(18)23(28-26)15-24(30)17-7-6-8-19(13-17)29-34(31,32)25-10-5-4-9-22(25)27/h4-14,29H,15-16H2,1-3H3. The van der Waals surface area contributed by atoms with Crippen molar-refractivity contribution in [3.8, 4) is 5.75 Å². The molecule has 34 heavy (non-hydrogen) atoms. The van der Waals surface area contributed by atoms with Crippen molar-refractivity contribution in [2.45, 2.75) is 37.1 Å². The van der Waals surface area contributed by atoms with E-state index < -0.39 is 10.0 Å². The largest absolute Gasteiger partial charge is 0.497 e. The fourth-order valence-corrected chi connectivity index (χ4v) is 6.44. The molecule has 8 heteroatoms. The number of ketones is 1. The van der Waals surface area contributed by atoms with E-state index in [0.717, 1.165) is 17.5 Å². The van der Waals surface area contributed by atoms with Crippen molar-refractivity contribution >= 4 is 49.8 Å². The number of sulfonamides is 1. The van der Waals surface area contributed by atoms with Crippen LogP contribution < -0.4 is 9.46 Å². The van der Waals surface area contributed by atoms with E-state index in [1.165, 1.54) is 0 Å². The molecule has 0 aromatic heterocycles. The van der Waals surface area contributed by atoms with Crippen LogP contribution in [0.3, 0.4) is 0 Å². The lowest BCUT2D eigenvalue weighted by molar-refractivity contribution is 0.100. The maximum Gasteiger partial charge on any atom is 0.262 e. The fourth-order valence-electron chi connectivity index (χ4n) is 4.05. The minimum absolute atomic E-state index is 0.108. The van der Waals surface area contributed by atoms with Gasteiger partial charge in [0, 0.05) is 20.4 Å². The quantitative estimate of drug-likeness (QED) is 0.292. The van der Waals surface area contributed by atoms with Gasteiger partial charge >= 0.3 is 0 Å². The summed E-state index contributed by atoms with van der Waals surface area (Å²) < 4.78 is 34.3. The summed E-state index contributed by atoms with van der Waals surface area (Å²) in [7, 11) is -2.17. The van der Waals surface area contributed by atoms with Crippen molar-refractivity contribution in [3.05, 3.63) is 87.0 Å². The monoisotopic (exact) mass is 588 g/mol. The third-order valence-corrected chi connectivity index (χ3v) is 8.33. The molecular weight excluding hydrogens is 563 g/mol. The van der Waals surface area contributed by atoms with Gasteiger partial charge in [0.1, 0.15) is 10.6 Å². The first-order valence-corrected chi connectivity index (χ1v) is 13.3. The molecule has 1 aliphatic heterocycles. The second-order valence-electron chi connectivity index (χ2n) is 8.79. The normalized spacial score (nSPS) is 14.6. The fraction of sp³-hybridized carbons (Fsp3) is 0.231. The van der Waals surface area contributed by atoms with E-state index in [4.69, 9.17) is 9.73 Å². The van der Waals surface area contributed by atoms with Crippen LogP contribution in [0.5, 0.6) is 5.75 Å². The third-order valence-electron chi connectivity index (χ3n) is 5.58. The number of methoxy groups -OCH3 is 1. The Labute approximate surface area is 213 Å². The number of benzene rings is 3. The highest BCUT2D eigenvalue weighted by Crippen LogP contribution is 2.31. The van der Waals surface area contributed by atoms with Crippen molar-refractivity contribution in [1.82, 2.24) is 0 Å². The molecule has 1 aliphatic rings. The van der Waals surface area contributed by atoms with Crippen LogP contribution in [-0.4, -0.2) is 32.6 Å². The van der Waals surface area contributed by atoms with Gasteiger partial charge in [-0.3, -0.25) is 14.5 Å². The number of anilines is 1. The molecule has 0 amide bonds. The Hall–Kier alpha value is -2.72. The van der Waals surface area contributed by atoms with Gasteiger partial charge in [0.05, 0.1) is 24.8 Å². The Bertz CT molecular complexity index is 1400. The molecule has 0 radical (unpaired) electrons. The molecule has 0 atom stereocenters. The van der Waals surface area contributed by atoms with E-state index in [9.17, 15) is 13.2 Å². The van der Waals surface area contributed by atoms with E-state index in [2.05, 4.69) is 4.72 Å². The number of aliphatic imine (C=N–C) groups is 1. The maximum absolute atomic E-state index is 13.2. The Morgan fingerprint density at radius 3 is 2.59 bits per heavy atom. The number of rotatable bonds is 7. The Kier molecular flexibility index (Phi) is 6.82. The van der Waals surface area contributed by atoms with Gasteiger partial charge in [-0.25, -0.2) is 8.42 Å². The second-order valence-corrected chi connectivity index (χ2v) is 11.6. The van der Waals surface area contributed by atoms with E-state index in [-0.39, 0.29) is 22.6 Å². The summed E-state index contributed by atoms with van der Waals surface area (Å²) in [6, 6.07) is 19.2. The first-order valence-electron chi connectivity index (χ1n) is 10.7. The zero-order valence-corrected chi connectivity index (χ0v) is 22.1. The van der Waals surface area contributed by atoms with Crippen molar-refractivity contribution in [2.75, 3.05) is 11.8 Å². The number of halogens is 1. The van der Waals surface area contributed by atoms with Crippen molar-refractivity contribution in [2.24, 2.45) is 4.99 Å². The number of hydrogen-bond donors (Lipinski definition) is 1. The van der Waals surface area contributed by atoms with Crippen LogP contribution in [0.15, 0.2) is 76.6 Å². The molecule has 6 nitrogen and oxygen atoms in total. The molecule has 176 valence electrons. The van der Waals surface area contributed by atoms with Crippen molar-refractivity contribution in [1.29, 1.82) is 0 Å². The lowest BCUT2D eigenvalue weighted by Crippen LogP contribution is -2.30. The summed E-state index contributed by atoms with van der Waals surface area (Å²) in [5.74, 6) is 0.575. The molecular formula is C26H25IN2O4S. The highest BCUT2D eigenvalue weighted by Gasteiger charge is 2.28. The molecule has 0 saturated carbocycles. The van der Waals surface area contributed by atoms with Gasteiger partial charge in [0.15, 0.2) is 5.78 Å². The SMILES string of the molecule is COc1ccc2c(c1)C(CC(=O)c1cccc(NS(=O)(=O)c3ccccc3I)c1)=NC(C)(C)C2. The highest BCUT2D eigenvalue weighted by molar-refractivity contribution is 14.1. The van der Waals surface area contributed by atoms with E-state index in [1.54, 1.807) is 55.6 Å². The highest BCUT2D eigenvalue weighted by atomic mass is 127. The van der Waals surface area contributed by atoms with Gasteiger partial charge in [0.25, 0.3) is 10.0 Å². The molecule has 0 spiro atoms. The van der Waals surface area contributed by atoms with E-state index >= 15 is 0 Å². The molecule has 4 rings (SSSR count). The van der Waals surface area contributed by atoms with E-state index in [1.807, 2.05) is 54.6 Å². The van der Waals surface area contributed by atoms with Gasteiger partial charge in [-0.15, -0.1) is 0 Å². The van der Waals surface area contributed by atoms with Crippen LogP contribution in [0.1, 0.15) is 41.8 Å². The number of ether oxygens (including phenoxy) is 1. The van der Waals surface area contributed by atoms with Crippen LogP contribution in [0.25, 0.3) is 0 Å². The Balaban J connectivity index is 1.60. The smallest absolute Gasteiger partial charge is 0.262 e. The minimum Gasteiger partial charge on any atom is -0.497 e. The van der Waals surface area contributed by atoms with Crippen LogP contribution in [0.4, 0.5) is 5.69 Å². The zero-order valence-electron chi connectivity index (χ0n) is 19.1. The van der Waals surface area contributed by atoms with Crippen molar-refractivity contribution in [3.63, 3.8) is 0 Å². The number of nitrogens with zero attached hydrogens (tertiary/aromatic N) is 1. The van der Waals surface area contributed by atoms with Gasteiger partial charge in [-0.2, -0.15) is 0 Å². The average Bonchev–Trinajstić information content (AvgIpc) is 2.78. The predicted octanol–water partition coefficient (Wildman–Crippen LogP) is 5.50. The lowest BCUT2D eigenvalue weighted by Gasteiger charge is -2.29. The van der Waals surface area contributed by atoms with Crippen molar-refractivity contribution < 1.29 is 17.9 Å². The van der Waals surface area contributed by atoms with Crippen LogP contribution in [0, 0.1) is 3.57 Å². The minimum atomic E-state index is -3.78. The molecule has 3 aromatic rings. The van der Waals surface area contributed by atoms with Gasteiger partial charge in [0.2, 0.25) is 0 Å². The molecule has 0 fully saturated rings. The Morgan fingerprint density at radius 1 is 1.09 bits per heavy atom. The number of nitrogens with one attached hydrogen (secondary N) is 1. The van der Waals surface area contributed by atoms with Gasteiger partial charge in [-0.05, 0) is 84.8 Å². The van der Waals surface area contributed by atoms with Gasteiger partial charge in [-0.1, -0.05) is 30.3 Å². The number of carbonyl (C=O) groups excluding carboxylic acids is 1. The first-order chi connectivity index (χ1) is 16.1. The number of carbonyl (C=O) groups is 1. The average molecular weight is 588 g/mol. The van der Waals surface area contributed by atoms with Gasteiger partial charge < -0.3 is 4.74 Å². The molecule has 1 heterocycles. The summed E-state index contributed by atoms with van der Waals surface area (Å²) in [5.41, 5.74) is 3.18. The molecule has 0 aliphatic carbocycles. The summed E-state index contributed by atoms with van der Waals surface area (Å²) >= 11 is 1.99. The predicted molar refractivity (Wildman–Crippen MR) is 143 cm³/mol. The maximum atomic E-state index is 13.2. The van der Waals surface area contributed by atoms with Crippen LogP contribution in [-0.2, 0) is 16.4 Å². The van der Waals surface area contributed by atoms with E-state index in [0.29, 0.717) is 26.3 Å². The molecule has 1 N–H and O–H groups in total. The number of hydrogen-bond acceptors (Lipinski definition) is 5. The number of fused-ring (bicyclic) bond motifs is 1. The molecule has 0 saturated heterocycles. The topological polar surface area (TPSA) is 84.8 Å². The first kappa shape index (κ1) is 24.4. The summed E-state index contributed by atoms with van der Waals surface area (Å²) in [6.45, 7) is 4.09. The molecule has 3 aromatic carbocycles. The lowest BCUT2D eigenvalue weighted by atomic mass is 9.85. The summed E-state index contributed by atoms with van der Waals surface area (Å²) in [5, 5.41) is 0. The third kappa shape index (κ3) is 5.33.